The fourth-order valence-electron chi connectivity index (χ4n) is 2.18. The minimum absolute atomic E-state index is 0.366. The van der Waals surface area contributed by atoms with Gasteiger partial charge in [0, 0.05) is 14.0 Å². The highest BCUT2D eigenvalue weighted by molar-refractivity contribution is 9.10. The predicted octanol–water partition coefficient (Wildman–Crippen LogP) is 6.34. The molecule has 0 amide bonds. The van der Waals surface area contributed by atoms with Gasteiger partial charge in [0.2, 0.25) is 0 Å². The molecule has 1 heterocycles. The second-order valence-corrected chi connectivity index (χ2v) is 7.42. The van der Waals surface area contributed by atoms with Gasteiger partial charge in [-0.05, 0) is 46.5 Å². The number of benzene rings is 2. The van der Waals surface area contributed by atoms with Crippen molar-refractivity contribution in [2.75, 3.05) is 0 Å². The molecule has 0 nitrogen and oxygen atoms in total. The van der Waals surface area contributed by atoms with Crippen LogP contribution in [0.15, 0.2) is 58.4 Å². The van der Waals surface area contributed by atoms with Gasteiger partial charge < -0.3 is 0 Å². The molecule has 0 aliphatic carbocycles. The van der Waals surface area contributed by atoms with Crippen molar-refractivity contribution in [3.63, 3.8) is 0 Å². The zero-order chi connectivity index (χ0) is 13.2. The van der Waals surface area contributed by atoms with E-state index >= 15 is 0 Å². The number of thiophene rings is 1. The van der Waals surface area contributed by atoms with Crippen molar-refractivity contribution in [1.29, 1.82) is 0 Å². The summed E-state index contributed by atoms with van der Waals surface area (Å²) >= 11 is 9.13. The Kier molecular flexibility index (Phi) is 4.06. The molecule has 96 valence electrons. The third kappa shape index (κ3) is 2.93. The Hall–Kier alpha value is -0.640. The molecule has 0 bridgehead atoms. The first kappa shape index (κ1) is 13.3. The fourth-order valence-corrected chi connectivity index (χ4v) is 4.39. The van der Waals surface area contributed by atoms with Gasteiger partial charge in [-0.2, -0.15) is 0 Å². The van der Waals surface area contributed by atoms with Gasteiger partial charge in [-0.3, -0.25) is 0 Å². The van der Waals surface area contributed by atoms with E-state index in [1.54, 1.807) is 0 Å². The Morgan fingerprint density at radius 2 is 1.74 bits per heavy atom. The van der Waals surface area contributed by atoms with E-state index in [2.05, 4.69) is 85.8 Å². The number of hydrogen-bond donors (Lipinski definition) is 0. The van der Waals surface area contributed by atoms with Crippen molar-refractivity contribution in [3.8, 4) is 0 Å². The molecule has 0 saturated heterocycles. The third-order valence-electron chi connectivity index (χ3n) is 3.18. The summed E-state index contributed by atoms with van der Waals surface area (Å²) in [5.41, 5.74) is 2.74. The molecule has 1 aromatic heterocycles. The molecule has 1 atom stereocenters. The summed E-state index contributed by atoms with van der Waals surface area (Å²) in [6.45, 7) is 0. The predicted molar refractivity (Wildman–Crippen MR) is 91.3 cm³/mol. The smallest absolute Gasteiger partial charge is 0.0450 e. The average Bonchev–Trinajstić information content (AvgIpc) is 2.85. The van der Waals surface area contributed by atoms with Crippen molar-refractivity contribution in [2.24, 2.45) is 0 Å². The van der Waals surface area contributed by atoms with E-state index in [1.807, 2.05) is 11.3 Å². The summed E-state index contributed by atoms with van der Waals surface area (Å²) in [4.78, 5) is 0.366. The SMILES string of the molecule is Brc1ccc(CC(Br)c2csc3ccccc23)cc1. The monoisotopic (exact) mass is 394 g/mol. The molecule has 0 N–H and O–H groups in total. The summed E-state index contributed by atoms with van der Waals surface area (Å²) in [5.74, 6) is 0. The summed E-state index contributed by atoms with van der Waals surface area (Å²) in [6.07, 6.45) is 1.01. The third-order valence-corrected chi connectivity index (χ3v) is 5.50. The quantitative estimate of drug-likeness (QED) is 0.453. The van der Waals surface area contributed by atoms with E-state index in [4.69, 9.17) is 0 Å². The largest absolute Gasteiger partial charge is 0.143 e. The van der Waals surface area contributed by atoms with Crippen LogP contribution >= 0.6 is 43.2 Å². The van der Waals surface area contributed by atoms with Crippen molar-refractivity contribution in [2.45, 2.75) is 11.2 Å². The topological polar surface area (TPSA) is 0 Å². The molecule has 2 aromatic carbocycles. The van der Waals surface area contributed by atoms with Crippen molar-refractivity contribution in [1.82, 2.24) is 0 Å². The Balaban J connectivity index is 1.87. The molecular formula is C16H12Br2S. The van der Waals surface area contributed by atoms with Crippen LogP contribution in [0.5, 0.6) is 0 Å². The van der Waals surface area contributed by atoms with Crippen molar-refractivity contribution >= 4 is 53.3 Å². The first-order valence-electron chi connectivity index (χ1n) is 6.08. The second kappa shape index (κ2) is 5.78. The van der Waals surface area contributed by atoms with Crippen molar-refractivity contribution < 1.29 is 0 Å². The minimum Gasteiger partial charge on any atom is -0.143 e. The molecule has 0 aliphatic rings. The molecule has 3 heteroatoms. The molecule has 0 spiro atoms. The Bertz CT molecular complexity index is 685. The number of halogens is 2. The number of fused-ring (bicyclic) bond motifs is 1. The molecular weight excluding hydrogens is 384 g/mol. The molecule has 0 fully saturated rings. The van der Waals surface area contributed by atoms with E-state index in [1.165, 1.54) is 21.2 Å². The Morgan fingerprint density at radius 3 is 2.53 bits per heavy atom. The highest BCUT2D eigenvalue weighted by Crippen LogP contribution is 2.36. The molecule has 3 rings (SSSR count). The van der Waals surface area contributed by atoms with E-state index < -0.39 is 0 Å². The van der Waals surface area contributed by atoms with Crippen LogP contribution in [-0.4, -0.2) is 0 Å². The van der Waals surface area contributed by atoms with Crippen LogP contribution in [0, 0.1) is 0 Å². The van der Waals surface area contributed by atoms with Gasteiger partial charge in [0.15, 0.2) is 0 Å². The zero-order valence-electron chi connectivity index (χ0n) is 10.1. The standard InChI is InChI=1S/C16H12Br2S/c17-12-7-5-11(6-8-12)9-15(18)14-10-19-16-4-2-1-3-13(14)16/h1-8,10,15H,9H2. The molecule has 1 unspecified atom stereocenters. The number of rotatable bonds is 3. The molecule has 0 radical (unpaired) electrons. The van der Waals surface area contributed by atoms with Gasteiger partial charge in [0.05, 0.1) is 0 Å². The summed E-state index contributed by atoms with van der Waals surface area (Å²) < 4.78 is 2.49. The van der Waals surface area contributed by atoms with Crippen LogP contribution in [-0.2, 0) is 6.42 Å². The van der Waals surface area contributed by atoms with E-state index in [0.717, 1.165) is 10.9 Å². The average molecular weight is 396 g/mol. The Morgan fingerprint density at radius 1 is 1.00 bits per heavy atom. The van der Waals surface area contributed by atoms with Crippen LogP contribution in [0.25, 0.3) is 10.1 Å². The lowest BCUT2D eigenvalue weighted by Gasteiger charge is -2.09. The molecule has 0 aliphatic heterocycles. The van der Waals surface area contributed by atoms with E-state index in [9.17, 15) is 0 Å². The lowest BCUT2D eigenvalue weighted by molar-refractivity contribution is 0.961. The van der Waals surface area contributed by atoms with Crippen LogP contribution in [0.4, 0.5) is 0 Å². The highest BCUT2D eigenvalue weighted by atomic mass is 79.9. The molecule has 19 heavy (non-hydrogen) atoms. The Labute approximate surface area is 133 Å². The van der Waals surface area contributed by atoms with Crippen LogP contribution in [0.3, 0.4) is 0 Å². The van der Waals surface area contributed by atoms with Gasteiger partial charge in [-0.15, -0.1) is 11.3 Å². The number of alkyl halides is 1. The van der Waals surface area contributed by atoms with E-state index in [0.29, 0.717) is 4.83 Å². The van der Waals surface area contributed by atoms with E-state index in [-0.39, 0.29) is 0 Å². The van der Waals surface area contributed by atoms with Gasteiger partial charge in [-0.25, -0.2) is 0 Å². The lowest BCUT2D eigenvalue weighted by Crippen LogP contribution is -1.94. The summed E-state index contributed by atoms with van der Waals surface area (Å²) in [5, 5.41) is 3.63. The van der Waals surface area contributed by atoms with Crippen LogP contribution in [0.2, 0.25) is 0 Å². The second-order valence-electron chi connectivity index (χ2n) is 4.49. The fraction of sp³-hybridized carbons (Fsp3) is 0.125. The molecule has 0 saturated carbocycles. The summed E-state index contributed by atoms with van der Waals surface area (Å²) in [6, 6.07) is 17.1. The lowest BCUT2D eigenvalue weighted by atomic mass is 10.0. The highest BCUT2D eigenvalue weighted by Gasteiger charge is 2.13. The summed E-state index contributed by atoms with van der Waals surface area (Å²) in [7, 11) is 0. The van der Waals surface area contributed by atoms with Gasteiger partial charge >= 0.3 is 0 Å². The minimum atomic E-state index is 0.366. The maximum atomic E-state index is 3.84. The maximum Gasteiger partial charge on any atom is 0.0450 e. The van der Waals surface area contributed by atoms with Crippen molar-refractivity contribution in [3.05, 3.63) is 69.5 Å². The first-order valence-corrected chi connectivity index (χ1v) is 8.67. The maximum absolute atomic E-state index is 3.84. The normalized spacial score (nSPS) is 12.7. The van der Waals surface area contributed by atoms with Gasteiger partial charge in [0.25, 0.3) is 0 Å². The number of hydrogen-bond acceptors (Lipinski definition) is 1. The zero-order valence-corrected chi connectivity index (χ0v) is 14.1. The molecule has 3 aromatic rings. The van der Waals surface area contributed by atoms with Crippen LogP contribution in [0.1, 0.15) is 16.0 Å². The first-order chi connectivity index (χ1) is 9.24. The van der Waals surface area contributed by atoms with Gasteiger partial charge in [0.1, 0.15) is 0 Å². The van der Waals surface area contributed by atoms with Crippen LogP contribution < -0.4 is 0 Å². The van der Waals surface area contributed by atoms with Gasteiger partial charge in [-0.1, -0.05) is 62.2 Å².